The summed E-state index contributed by atoms with van der Waals surface area (Å²) in [6.07, 6.45) is 1.79. The summed E-state index contributed by atoms with van der Waals surface area (Å²) in [5.41, 5.74) is 0.0696. The van der Waals surface area contributed by atoms with Crippen molar-refractivity contribution in [3.05, 3.63) is 71.6 Å². The number of carboxylic acid groups (broad SMARTS) is 1. The predicted octanol–water partition coefficient (Wildman–Crippen LogP) is 4.00. The van der Waals surface area contributed by atoms with E-state index in [0.717, 1.165) is 4.90 Å². The molecule has 0 radical (unpaired) electrons. The molecule has 4 nitrogen and oxygen atoms in total. The molecular formula is C16H14O4S. The first kappa shape index (κ1) is 15.2. The Morgan fingerprint density at radius 1 is 1.10 bits per heavy atom. The van der Waals surface area contributed by atoms with Gasteiger partial charge in [0.05, 0.1) is 0 Å². The average Bonchev–Trinajstić information content (AvgIpc) is 2.52. The van der Waals surface area contributed by atoms with Gasteiger partial charge in [-0.25, -0.2) is 4.79 Å². The van der Waals surface area contributed by atoms with E-state index in [9.17, 15) is 4.79 Å². The first-order chi connectivity index (χ1) is 10.3. The largest absolute Gasteiger partial charge is 0.478 e. The van der Waals surface area contributed by atoms with Gasteiger partial charge in [-0.3, -0.25) is 0 Å². The van der Waals surface area contributed by atoms with Crippen LogP contribution in [0.15, 0.2) is 71.0 Å². The van der Waals surface area contributed by atoms with Crippen molar-refractivity contribution >= 4 is 17.7 Å². The lowest BCUT2D eigenvalue weighted by molar-refractivity contribution is -0.196. The van der Waals surface area contributed by atoms with E-state index in [0.29, 0.717) is 0 Å². The van der Waals surface area contributed by atoms with Crippen LogP contribution in [0.4, 0.5) is 0 Å². The highest BCUT2D eigenvalue weighted by Crippen LogP contribution is 2.19. The minimum Gasteiger partial charge on any atom is -0.478 e. The molecule has 21 heavy (non-hydrogen) atoms. The smallest absolute Gasteiger partial charge is 0.339 e. The molecule has 2 rings (SSSR count). The first-order valence-corrected chi connectivity index (χ1v) is 7.14. The molecule has 0 aliphatic carbocycles. The first-order valence-electron chi connectivity index (χ1n) is 6.26. The van der Waals surface area contributed by atoms with Crippen molar-refractivity contribution in [3.8, 4) is 5.75 Å². The second-order valence-corrected chi connectivity index (χ2v) is 4.95. The Labute approximate surface area is 126 Å². The molecule has 0 spiro atoms. The zero-order chi connectivity index (χ0) is 14.9. The maximum atomic E-state index is 11.0. The average molecular weight is 302 g/mol. The van der Waals surface area contributed by atoms with Gasteiger partial charge < -0.3 is 9.99 Å². The van der Waals surface area contributed by atoms with Crippen molar-refractivity contribution in [2.45, 2.75) is 4.90 Å². The third-order valence-electron chi connectivity index (χ3n) is 2.47. The molecular weight excluding hydrogens is 288 g/mol. The maximum absolute atomic E-state index is 11.0. The van der Waals surface area contributed by atoms with Gasteiger partial charge in [-0.15, -0.1) is 0 Å². The molecule has 0 heterocycles. The van der Waals surface area contributed by atoms with Crippen LogP contribution in [0.2, 0.25) is 0 Å². The van der Waals surface area contributed by atoms with Gasteiger partial charge in [0.1, 0.15) is 12.2 Å². The van der Waals surface area contributed by atoms with Crippen LogP contribution in [-0.4, -0.2) is 17.7 Å². The summed E-state index contributed by atoms with van der Waals surface area (Å²) >= 11 is 1.56. The molecule has 0 atom stereocenters. The van der Waals surface area contributed by atoms with Crippen molar-refractivity contribution in [2.24, 2.45) is 0 Å². The second kappa shape index (κ2) is 8.14. The molecule has 1 N–H and O–H groups in total. The molecule has 0 aliphatic heterocycles. The molecule has 108 valence electrons. The topological polar surface area (TPSA) is 55.8 Å². The number of rotatable bonds is 7. The molecule has 0 saturated heterocycles. The Hall–Kier alpha value is -2.24. The standard InChI is InChI=1S/C16H14O4S/c17-16(18)14-9-4-5-10-15(14)20-19-11-6-12-21-13-7-2-1-3-8-13/h1-10,12H,11H2,(H,17,18). The Morgan fingerprint density at radius 2 is 1.81 bits per heavy atom. The molecule has 0 saturated carbocycles. The summed E-state index contributed by atoms with van der Waals surface area (Å²) < 4.78 is 0. The molecule has 0 bridgehead atoms. The lowest BCUT2D eigenvalue weighted by atomic mass is 10.2. The number of benzene rings is 2. The van der Waals surface area contributed by atoms with Crippen LogP contribution in [0.5, 0.6) is 5.75 Å². The zero-order valence-electron chi connectivity index (χ0n) is 11.1. The van der Waals surface area contributed by atoms with Gasteiger partial charge in [0.2, 0.25) is 0 Å². The van der Waals surface area contributed by atoms with Crippen molar-refractivity contribution in [2.75, 3.05) is 6.61 Å². The van der Waals surface area contributed by atoms with Gasteiger partial charge in [0.15, 0.2) is 5.75 Å². The fraction of sp³-hybridized carbons (Fsp3) is 0.0625. The fourth-order valence-corrected chi connectivity index (χ4v) is 2.16. The van der Waals surface area contributed by atoms with Gasteiger partial charge in [0.25, 0.3) is 0 Å². The highest BCUT2D eigenvalue weighted by atomic mass is 32.2. The van der Waals surface area contributed by atoms with Gasteiger partial charge in [-0.05, 0) is 35.7 Å². The number of thioether (sulfide) groups is 1. The monoisotopic (exact) mass is 302 g/mol. The lowest BCUT2D eigenvalue weighted by Gasteiger charge is -2.05. The molecule has 0 aliphatic rings. The number of hydrogen-bond acceptors (Lipinski definition) is 4. The third-order valence-corrected chi connectivity index (χ3v) is 3.35. The Balaban J connectivity index is 1.76. The summed E-state index contributed by atoms with van der Waals surface area (Å²) in [5, 5.41) is 10.9. The molecule has 0 amide bonds. The van der Waals surface area contributed by atoms with Crippen LogP contribution < -0.4 is 4.89 Å². The second-order valence-electron chi connectivity index (χ2n) is 3.97. The van der Waals surface area contributed by atoms with E-state index in [4.69, 9.17) is 14.9 Å². The Kier molecular flexibility index (Phi) is 5.87. The van der Waals surface area contributed by atoms with Crippen LogP contribution in [0.25, 0.3) is 0 Å². The molecule has 5 heteroatoms. The molecule has 2 aromatic rings. The normalized spacial score (nSPS) is 10.7. The van der Waals surface area contributed by atoms with Crippen LogP contribution in [0, 0.1) is 0 Å². The maximum Gasteiger partial charge on any atom is 0.339 e. The number of carboxylic acids is 1. The number of hydrogen-bond donors (Lipinski definition) is 1. The van der Waals surface area contributed by atoms with Crippen molar-refractivity contribution < 1.29 is 19.7 Å². The molecule has 0 unspecified atom stereocenters. The lowest BCUT2D eigenvalue weighted by Crippen LogP contribution is -2.03. The SMILES string of the molecule is O=C(O)c1ccccc1OOCC=CSc1ccccc1. The quantitative estimate of drug-likeness (QED) is 0.362. The summed E-state index contributed by atoms with van der Waals surface area (Å²) in [6, 6.07) is 16.2. The Morgan fingerprint density at radius 3 is 2.57 bits per heavy atom. The van der Waals surface area contributed by atoms with E-state index < -0.39 is 5.97 Å². The van der Waals surface area contributed by atoms with E-state index in [2.05, 4.69) is 0 Å². The Bertz CT molecular complexity index is 611. The molecule has 0 fully saturated rings. The fourth-order valence-electron chi connectivity index (χ4n) is 1.52. The van der Waals surface area contributed by atoms with E-state index in [1.807, 2.05) is 35.7 Å². The van der Waals surface area contributed by atoms with Gasteiger partial charge in [0, 0.05) is 4.90 Å². The van der Waals surface area contributed by atoms with E-state index in [1.54, 1.807) is 36.0 Å². The van der Waals surface area contributed by atoms with Crippen molar-refractivity contribution in [1.82, 2.24) is 0 Å². The molecule has 2 aromatic carbocycles. The summed E-state index contributed by atoms with van der Waals surface area (Å²) in [4.78, 5) is 22.1. The van der Waals surface area contributed by atoms with Crippen LogP contribution >= 0.6 is 11.8 Å². The highest BCUT2D eigenvalue weighted by Gasteiger charge is 2.10. The van der Waals surface area contributed by atoms with Gasteiger partial charge in [-0.1, -0.05) is 42.1 Å². The van der Waals surface area contributed by atoms with Crippen LogP contribution in [-0.2, 0) is 4.89 Å². The molecule has 0 aromatic heterocycles. The van der Waals surface area contributed by atoms with Gasteiger partial charge in [-0.2, -0.15) is 4.89 Å². The minimum atomic E-state index is -1.05. The van der Waals surface area contributed by atoms with Crippen LogP contribution in [0.3, 0.4) is 0 Å². The van der Waals surface area contributed by atoms with E-state index in [-0.39, 0.29) is 17.9 Å². The predicted molar refractivity (Wildman–Crippen MR) is 81.4 cm³/mol. The highest BCUT2D eigenvalue weighted by molar-refractivity contribution is 8.02. The number of aromatic carboxylic acids is 1. The van der Waals surface area contributed by atoms with Crippen molar-refractivity contribution in [3.63, 3.8) is 0 Å². The number of carbonyl (C=O) groups is 1. The summed E-state index contributed by atoms with van der Waals surface area (Å²) in [5.74, 6) is -0.863. The third kappa shape index (κ3) is 4.98. The summed E-state index contributed by atoms with van der Waals surface area (Å²) in [7, 11) is 0. The van der Waals surface area contributed by atoms with Crippen molar-refractivity contribution in [1.29, 1.82) is 0 Å². The minimum absolute atomic E-state index is 0.0696. The zero-order valence-corrected chi connectivity index (χ0v) is 12.0. The number of para-hydroxylation sites is 1. The summed E-state index contributed by atoms with van der Waals surface area (Å²) in [6.45, 7) is 0.230. The van der Waals surface area contributed by atoms with Gasteiger partial charge >= 0.3 is 5.97 Å². The van der Waals surface area contributed by atoms with Crippen LogP contribution in [0.1, 0.15) is 10.4 Å². The van der Waals surface area contributed by atoms with E-state index in [1.165, 1.54) is 6.07 Å². The van der Waals surface area contributed by atoms with E-state index >= 15 is 0 Å².